The topological polar surface area (TPSA) is 69.6 Å². The Kier molecular flexibility index (Phi) is 5.17. The Morgan fingerprint density at radius 2 is 1.96 bits per heavy atom. The molecule has 2 heterocycles. The molecule has 1 unspecified atom stereocenters. The molecule has 0 bridgehead atoms. The van der Waals surface area contributed by atoms with Crippen molar-refractivity contribution in [2.24, 2.45) is 5.92 Å². The highest BCUT2D eigenvalue weighted by Gasteiger charge is 2.22. The van der Waals surface area contributed by atoms with Crippen LogP contribution in [-0.4, -0.2) is 24.9 Å². The molecule has 0 saturated heterocycles. The van der Waals surface area contributed by atoms with E-state index in [9.17, 15) is 4.39 Å². The van der Waals surface area contributed by atoms with E-state index in [4.69, 9.17) is 4.52 Å². The molecule has 0 radical (unpaired) electrons. The van der Waals surface area contributed by atoms with Crippen LogP contribution in [0.2, 0.25) is 0 Å². The number of aromatic nitrogens is 5. The van der Waals surface area contributed by atoms with E-state index in [1.807, 2.05) is 11.5 Å². The quantitative estimate of drug-likeness (QED) is 0.610. The summed E-state index contributed by atoms with van der Waals surface area (Å²) >= 11 is 1.47. The summed E-state index contributed by atoms with van der Waals surface area (Å²) in [7, 11) is 0. The molecule has 132 valence electrons. The number of rotatable bonds is 6. The number of aryl methyl sites for hydroxylation is 1. The van der Waals surface area contributed by atoms with Crippen LogP contribution in [0.4, 0.5) is 4.39 Å². The molecule has 0 N–H and O–H groups in total. The van der Waals surface area contributed by atoms with Crippen LogP contribution in [0.25, 0.3) is 11.4 Å². The highest BCUT2D eigenvalue weighted by Crippen LogP contribution is 2.35. The standard InChI is InChI=1S/C17H20FN5OS/c1-10(2)9-23-15(13-7-5-6-8-14(13)18)20-21-17(23)25-11(3)16-19-12(4)22-24-16/h5-8,10-11H,9H2,1-4H3. The molecule has 0 aliphatic carbocycles. The molecule has 3 rings (SSSR count). The molecular weight excluding hydrogens is 341 g/mol. The van der Waals surface area contributed by atoms with E-state index < -0.39 is 0 Å². The Balaban J connectivity index is 1.95. The second-order valence-electron chi connectivity index (χ2n) is 6.23. The smallest absolute Gasteiger partial charge is 0.239 e. The lowest BCUT2D eigenvalue weighted by Gasteiger charge is -2.14. The van der Waals surface area contributed by atoms with Gasteiger partial charge in [0.1, 0.15) is 5.82 Å². The first-order chi connectivity index (χ1) is 12.0. The molecule has 1 atom stereocenters. The van der Waals surface area contributed by atoms with E-state index in [2.05, 4.69) is 34.2 Å². The van der Waals surface area contributed by atoms with Crippen molar-refractivity contribution in [3.8, 4) is 11.4 Å². The Morgan fingerprint density at radius 3 is 2.60 bits per heavy atom. The number of hydrogen-bond donors (Lipinski definition) is 0. The van der Waals surface area contributed by atoms with Gasteiger partial charge in [-0.3, -0.25) is 0 Å². The van der Waals surface area contributed by atoms with Crippen molar-refractivity contribution in [3.05, 3.63) is 41.8 Å². The second kappa shape index (κ2) is 7.35. The summed E-state index contributed by atoms with van der Waals surface area (Å²) < 4.78 is 21.4. The van der Waals surface area contributed by atoms with Gasteiger partial charge in [-0.15, -0.1) is 10.2 Å². The summed E-state index contributed by atoms with van der Waals surface area (Å²) in [5, 5.41) is 13.0. The zero-order valence-electron chi connectivity index (χ0n) is 14.6. The van der Waals surface area contributed by atoms with Gasteiger partial charge in [0.2, 0.25) is 5.89 Å². The Hall–Kier alpha value is -2.22. The minimum Gasteiger partial charge on any atom is -0.338 e. The average Bonchev–Trinajstić information content (AvgIpc) is 3.15. The third kappa shape index (κ3) is 3.89. The fraction of sp³-hybridized carbons (Fsp3) is 0.412. The van der Waals surface area contributed by atoms with Crippen LogP contribution in [0.3, 0.4) is 0 Å². The number of hydrogen-bond acceptors (Lipinski definition) is 6. The largest absolute Gasteiger partial charge is 0.338 e. The van der Waals surface area contributed by atoms with Gasteiger partial charge in [-0.2, -0.15) is 4.98 Å². The fourth-order valence-electron chi connectivity index (χ4n) is 2.43. The van der Waals surface area contributed by atoms with E-state index in [-0.39, 0.29) is 11.1 Å². The summed E-state index contributed by atoms with van der Waals surface area (Å²) in [5.41, 5.74) is 0.448. The molecule has 0 aliphatic rings. The number of benzene rings is 1. The van der Waals surface area contributed by atoms with Crippen molar-refractivity contribution in [1.29, 1.82) is 0 Å². The van der Waals surface area contributed by atoms with Crippen molar-refractivity contribution in [3.63, 3.8) is 0 Å². The Labute approximate surface area is 149 Å². The second-order valence-corrected chi connectivity index (χ2v) is 7.54. The van der Waals surface area contributed by atoms with Gasteiger partial charge in [0.15, 0.2) is 16.8 Å². The maximum Gasteiger partial charge on any atom is 0.239 e. The summed E-state index contributed by atoms with van der Waals surface area (Å²) in [4.78, 5) is 4.26. The highest BCUT2D eigenvalue weighted by atomic mass is 32.2. The van der Waals surface area contributed by atoms with Gasteiger partial charge in [-0.05, 0) is 31.9 Å². The molecule has 6 nitrogen and oxygen atoms in total. The van der Waals surface area contributed by atoms with Gasteiger partial charge >= 0.3 is 0 Å². The molecule has 0 saturated carbocycles. The first kappa shape index (κ1) is 17.6. The highest BCUT2D eigenvalue weighted by molar-refractivity contribution is 7.99. The first-order valence-electron chi connectivity index (χ1n) is 8.10. The van der Waals surface area contributed by atoms with Crippen LogP contribution in [0, 0.1) is 18.7 Å². The first-order valence-corrected chi connectivity index (χ1v) is 8.98. The monoisotopic (exact) mass is 361 g/mol. The minimum atomic E-state index is -0.308. The van der Waals surface area contributed by atoms with E-state index in [1.54, 1.807) is 25.1 Å². The van der Waals surface area contributed by atoms with Crippen LogP contribution in [-0.2, 0) is 6.54 Å². The molecule has 0 aliphatic heterocycles. The summed E-state index contributed by atoms with van der Waals surface area (Å²) in [6, 6.07) is 6.61. The number of halogens is 1. The predicted octanol–water partition coefficient (Wildman–Crippen LogP) is 4.28. The van der Waals surface area contributed by atoms with E-state index >= 15 is 0 Å². The lowest BCUT2D eigenvalue weighted by Crippen LogP contribution is -2.09. The van der Waals surface area contributed by atoms with Crippen molar-refractivity contribution in [1.82, 2.24) is 24.9 Å². The van der Waals surface area contributed by atoms with Gasteiger partial charge in [0.05, 0.1) is 10.8 Å². The van der Waals surface area contributed by atoms with E-state index in [0.29, 0.717) is 40.7 Å². The molecule has 0 fully saturated rings. The van der Waals surface area contributed by atoms with Gasteiger partial charge < -0.3 is 9.09 Å². The molecule has 8 heteroatoms. The van der Waals surface area contributed by atoms with Crippen molar-refractivity contribution in [2.75, 3.05) is 0 Å². The van der Waals surface area contributed by atoms with E-state index in [1.165, 1.54) is 17.8 Å². The molecule has 1 aromatic carbocycles. The molecule has 3 aromatic rings. The van der Waals surface area contributed by atoms with Crippen LogP contribution < -0.4 is 0 Å². The van der Waals surface area contributed by atoms with Gasteiger partial charge in [0.25, 0.3) is 0 Å². The van der Waals surface area contributed by atoms with Gasteiger partial charge in [-0.25, -0.2) is 4.39 Å². The Bertz CT molecular complexity index is 860. The molecule has 0 spiro atoms. The summed E-state index contributed by atoms with van der Waals surface area (Å²) in [5.74, 6) is 1.72. The minimum absolute atomic E-state index is 0.0789. The van der Waals surface area contributed by atoms with Gasteiger partial charge in [0, 0.05) is 6.54 Å². The van der Waals surface area contributed by atoms with Crippen molar-refractivity contribution >= 4 is 11.8 Å². The third-order valence-electron chi connectivity index (χ3n) is 3.55. The van der Waals surface area contributed by atoms with Crippen LogP contribution in [0.5, 0.6) is 0 Å². The summed E-state index contributed by atoms with van der Waals surface area (Å²) in [6.45, 7) is 8.64. The average molecular weight is 361 g/mol. The lowest BCUT2D eigenvalue weighted by atomic mass is 10.2. The third-order valence-corrected chi connectivity index (χ3v) is 4.62. The molecule has 0 amide bonds. The lowest BCUT2D eigenvalue weighted by molar-refractivity contribution is 0.376. The van der Waals surface area contributed by atoms with Crippen LogP contribution in [0.15, 0.2) is 33.9 Å². The normalized spacial score (nSPS) is 12.7. The number of nitrogens with zero attached hydrogens (tertiary/aromatic N) is 5. The Morgan fingerprint density at radius 1 is 1.20 bits per heavy atom. The van der Waals surface area contributed by atoms with Gasteiger partial charge in [-0.1, -0.05) is 42.9 Å². The molecule has 25 heavy (non-hydrogen) atoms. The van der Waals surface area contributed by atoms with Crippen molar-refractivity contribution in [2.45, 2.75) is 44.6 Å². The fourth-order valence-corrected chi connectivity index (χ4v) is 3.32. The number of thioether (sulfide) groups is 1. The molecular formula is C17H20FN5OS. The zero-order valence-corrected chi connectivity index (χ0v) is 15.4. The van der Waals surface area contributed by atoms with Crippen LogP contribution >= 0.6 is 11.8 Å². The predicted molar refractivity (Wildman–Crippen MR) is 93.6 cm³/mol. The molecule has 2 aromatic heterocycles. The van der Waals surface area contributed by atoms with E-state index in [0.717, 1.165) is 0 Å². The zero-order chi connectivity index (χ0) is 18.0. The maximum atomic E-state index is 14.2. The summed E-state index contributed by atoms with van der Waals surface area (Å²) in [6.07, 6.45) is 0. The maximum absolute atomic E-state index is 14.2. The SMILES string of the molecule is Cc1noc(C(C)Sc2nnc(-c3ccccc3F)n2CC(C)C)n1. The van der Waals surface area contributed by atoms with Crippen LogP contribution in [0.1, 0.15) is 37.7 Å². The van der Waals surface area contributed by atoms with Crippen molar-refractivity contribution < 1.29 is 8.91 Å².